The summed E-state index contributed by atoms with van der Waals surface area (Å²) in [6.45, 7) is 0. The Morgan fingerprint density at radius 2 is 1.68 bits per heavy atom. The van der Waals surface area contributed by atoms with Crippen molar-refractivity contribution in [1.82, 2.24) is 9.99 Å². The minimum absolute atomic E-state index is 0.106. The van der Waals surface area contributed by atoms with Crippen LogP contribution in [0.2, 0.25) is 0 Å². The van der Waals surface area contributed by atoms with Gasteiger partial charge in [-0.2, -0.15) is 5.10 Å². The van der Waals surface area contributed by atoms with Crippen molar-refractivity contribution >= 4 is 53.5 Å². The van der Waals surface area contributed by atoms with E-state index in [1.807, 2.05) is 30.3 Å². The lowest BCUT2D eigenvalue weighted by atomic mass is 9.96. The summed E-state index contributed by atoms with van der Waals surface area (Å²) in [5.41, 5.74) is 4.34. The summed E-state index contributed by atoms with van der Waals surface area (Å²) in [5.74, 6) is 0.874. The molecule has 2 atom stereocenters. The topological polar surface area (TPSA) is 37.7 Å². The molecule has 3 heterocycles. The van der Waals surface area contributed by atoms with Gasteiger partial charge >= 0.3 is 0 Å². The fraction of sp³-hybridized carbons (Fsp3) is 0.143. The number of fused-ring (bicyclic) bond motifs is 3. The molecule has 0 saturated heterocycles. The van der Waals surface area contributed by atoms with Crippen molar-refractivity contribution in [1.29, 1.82) is 0 Å². The molecule has 0 radical (unpaired) electrons. The minimum Gasteiger partial charge on any atom is -0.463 e. The molecule has 4 nitrogen and oxygen atoms in total. The van der Waals surface area contributed by atoms with Gasteiger partial charge < -0.3 is 4.74 Å². The standard InChI is InChI=1S/C21H14Br3N3O/c22-14-3-1-12(2-4-14)18-11-19-16-9-15(23)10-17(24)20(16)28-21(27(19)26-18)13-5-7-25-8-6-13/h1-10,19,21H,11H2/t19-,21+/m0/s1. The summed E-state index contributed by atoms with van der Waals surface area (Å²) in [4.78, 5) is 4.14. The molecular weight excluding hydrogens is 550 g/mol. The number of pyridine rings is 1. The van der Waals surface area contributed by atoms with Crippen LogP contribution in [-0.2, 0) is 0 Å². The first-order valence-corrected chi connectivity index (χ1v) is 11.2. The van der Waals surface area contributed by atoms with Crippen LogP contribution in [0, 0.1) is 0 Å². The molecule has 0 fully saturated rings. The molecule has 0 amide bonds. The van der Waals surface area contributed by atoms with Gasteiger partial charge in [-0.3, -0.25) is 4.98 Å². The fourth-order valence-corrected chi connectivity index (χ4v) is 5.30. The second kappa shape index (κ2) is 7.28. The molecule has 2 aliphatic heterocycles. The molecular formula is C21H14Br3N3O. The fourth-order valence-electron chi connectivity index (χ4n) is 3.68. The first-order chi connectivity index (χ1) is 13.6. The average Bonchev–Trinajstić information content (AvgIpc) is 3.14. The zero-order valence-corrected chi connectivity index (χ0v) is 19.3. The van der Waals surface area contributed by atoms with Gasteiger partial charge in [-0.25, -0.2) is 5.01 Å². The Balaban J connectivity index is 1.63. The van der Waals surface area contributed by atoms with E-state index >= 15 is 0 Å². The quantitative estimate of drug-likeness (QED) is 0.352. The summed E-state index contributed by atoms with van der Waals surface area (Å²) in [6.07, 6.45) is 4.10. The number of ether oxygens (including phenoxy) is 1. The lowest BCUT2D eigenvalue weighted by molar-refractivity contribution is -0.0197. The van der Waals surface area contributed by atoms with Crippen molar-refractivity contribution in [2.45, 2.75) is 18.7 Å². The molecule has 3 aromatic rings. The van der Waals surface area contributed by atoms with Gasteiger partial charge in [0, 0.05) is 38.9 Å². The first-order valence-electron chi connectivity index (χ1n) is 8.77. The van der Waals surface area contributed by atoms with Gasteiger partial charge in [0.05, 0.1) is 16.2 Å². The smallest absolute Gasteiger partial charge is 0.214 e. The van der Waals surface area contributed by atoms with Gasteiger partial charge in [-0.15, -0.1) is 0 Å². The Labute approximate surface area is 188 Å². The molecule has 7 heteroatoms. The third-order valence-corrected chi connectivity index (χ3v) is 6.55. The maximum absolute atomic E-state index is 6.44. The first kappa shape index (κ1) is 18.3. The van der Waals surface area contributed by atoms with Crippen molar-refractivity contribution in [2.24, 2.45) is 5.10 Å². The highest BCUT2D eigenvalue weighted by molar-refractivity contribution is 9.11. The highest BCUT2D eigenvalue weighted by Crippen LogP contribution is 2.50. The van der Waals surface area contributed by atoms with E-state index in [-0.39, 0.29) is 12.3 Å². The zero-order valence-electron chi connectivity index (χ0n) is 14.5. The van der Waals surface area contributed by atoms with Gasteiger partial charge in [0.15, 0.2) is 0 Å². The molecule has 0 bridgehead atoms. The predicted octanol–water partition coefficient (Wildman–Crippen LogP) is 6.61. The number of hydrogen-bond donors (Lipinski definition) is 0. The molecule has 28 heavy (non-hydrogen) atoms. The molecule has 2 aliphatic rings. The van der Waals surface area contributed by atoms with E-state index in [0.717, 1.165) is 48.0 Å². The second-order valence-corrected chi connectivity index (χ2v) is 9.40. The Morgan fingerprint density at radius 1 is 0.929 bits per heavy atom. The van der Waals surface area contributed by atoms with Crippen LogP contribution in [0.25, 0.3) is 0 Å². The summed E-state index contributed by atoms with van der Waals surface area (Å²) in [7, 11) is 0. The van der Waals surface area contributed by atoms with Gasteiger partial charge in [-0.1, -0.05) is 44.0 Å². The Kier molecular flexibility index (Phi) is 4.77. The van der Waals surface area contributed by atoms with Crippen molar-refractivity contribution in [3.05, 3.63) is 91.0 Å². The molecule has 5 rings (SSSR count). The van der Waals surface area contributed by atoms with Gasteiger partial charge in [0.1, 0.15) is 5.75 Å². The number of nitrogens with zero attached hydrogens (tertiary/aromatic N) is 3. The molecule has 1 aromatic heterocycles. The SMILES string of the molecule is Brc1ccc(C2=NN3[C@@H](c4ccncc4)Oc4c(Br)cc(Br)cc4[C@@H]3C2)cc1. The van der Waals surface area contributed by atoms with Crippen LogP contribution in [-0.4, -0.2) is 15.7 Å². The Bertz CT molecular complexity index is 1070. The highest BCUT2D eigenvalue weighted by Gasteiger charge is 2.41. The number of aromatic nitrogens is 1. The van der Waals surface area contributed by atoms with E-state index in [1.165, 1.54) is 0 Å². The number of halogens is 3. The maximum atomic E-state index is 6.44. The number of benzene rings is 2. The normalized spacial score (nSPS) is 20.2. The van der Waals surface area contributed by atoms with Crippen molar-refractivity contribution in [2.75, 3.05) is 0 Å². The monoisotopic (exact) mass is 561 g/mol. The largest absolute Gasteiger partial charge is 0.463 e. The molecule has 2 aromatic carbocycles. The Morgan fingerprint density at radius 3 is 2.43 bits per heavy atom. The van der Waals surface area contributed by atoms with Crippen molar-refractivity contribution < 1.29 is 4.74 Å². The maximum Gasteiger partial charge on any atom is 0.214 e. The molecule has 0 unspecified atom stereocenters. The molecule has 140 valence electrons. The number of rotatable bonds is 2. The average molecular weight is 564 g/mol. The van der Waals surface area contributed by atoms with E-state index in [4.69, 9.17) is 9.84 Å². The van der Waals surface area contributed by atoms with Crippen LogP contribution >= 0.6 is 47.8 Å². The summed E-state index contributed by atoms with van der Waals surface area (Å²) < 4.78 is 9.45. The predicted molar refractivity (Wildman–Crippen MR) is 119 cm³/mol. The van der Waals surface area contributed by atoms with E-state index in [2.05, 4.69) is 76.0 Å². The van der Waals surface area contributed by atoms with Crippen LogP contribution in [0.15, 0.2) is 79.4 Å². The second-order valence-electron chi connectivity index (χ2n) is 6.71. The number of hydrazone groups is 1. The van der Waals surface area contributed by atoms with E-state index in [9.17, 15) is 0 Å². The number of hydrogen-bond acceptors (Lipinski definition) is 4. The minimum atomic E-state index is -0.300. The Hall–Kier alpha value is -1.70. The molecule has 0 N–H and O–H groups in total. The van der Waals surface area contributed by atoms with Crippen molar-refractivity contribution in [3.63, 3.8) is 0 Å². The molecule has 0 aliphatic carbocycles. The molecule has 0 saturated carbocycles. The zero-order chi connectivity index (χ0) is 19.3. The van der Waals surface area contributed by atoms with E-state index < -0.39 is 0 Å². The summed E-state index contributed by atoms with van der Waals surface area (Å²) in [6, 6.07) is 16.5. The third kappa shape index (κ3) is 3.19. The van der Waals surface area contributed by atoms with Crippen LogP contribution in [0.1, 0.15) is 35.4 Å². The van der Waals surface area contributed by atoms with E-state index in [1.54, 1.807) is 12.4 Å². The van der Waals surface area contributed by atoms with Crippen LogP contribution < -0.4 is 4.74 Å². The third-order valence-electron chi connectivity index (χ3n) is 4.98. The highest BCUT2D eigenvalue weighted by atomic mass is 79.9. The van der Waals surface area contributed by atoms with Gasteiger partial charge in [0.25, 0.3) is 0 Å². The van der Waals surface area contributed by atoms with E-state index in [0.29, 0.717) is 0 Å². The molecule has 0 spiro atoms. The van der Waals surface area contributed by atoms with Crippen LogP contribution in [0.5, 0.6) is 5.75 Å². The lowest BCUT2D eigenvalue weighted by Crippen LogP contribution is -2.33. The van der Waals surface area contributed by atoms with Gasteiger partial charge in [0.2, 0.25) is 6.23 Å². The van der Waals surface area contributed by atoms with Crippen LogP contribution in [0.4, 0.5) is 0 Å². The lowest BCUT2D eigenvalue weighted by Gasteiger charge is -2.38. The van der Waals surface area contributed by atoms with Gasteiger partial charge in [-0.05, 0) is 57.9 Å². The van der Waals surface area contributed by atoms with Crippen LogP contribution in [0.3, 0.4) is 0 Å². The van der Waals surface area contributed by atoms with Crippen molar-refractivity contribution in [3.8, 4) is 5.75 Å². The summed E-state index contributed by atoms with van der Waals surface area (Å²) >= 11 is 10.8. The summed E-state index contributed by atoms with van der Waals surface area (Å²) in [5, 5.41) is 7.06.